The minimum atomic E-state index is 0.399. The lowest BCUT2D eigenvalue weighted by Crippen LogP contribution is -2.47. The zero-order chi connectivity index (χ0) is 10.5. The predicted octanol–water partition coefficient (Wildman–Crippen LogP) is 0.802. The Labute approximate surface area is 96.9 Å². The zero-order valence-electron chi connectivity index (χ0n) is 9.58. The fourth-order valence-electron chi connectivity index (χ4n) is 2.19. The van der Waals surface area contributed by atoms with Crippen LogP contribution in [0.5, 0.6) is 0 Å². The van der Waals surface area contributed by atoms with E-state index in [9.17, 15) is 0 Å². The summed E-state index contributed by atoms with van der Waals surface area (Å²) in [6.45, 7) is 4.07. The van der Waals surface area contributed by atoms with Crippen molar-refractivity contribution in [1.29, 1.82) is 0 Å². The molecule has 0 radical (unpaired) electrons. The highest BCUT2D eigenvalue weighted by Gasteiger charge is 2.19. The lowest BCUT2D eigenvalue weighted by atomic mass is 10.1. The molecule has 0 bridgehead atoms. The molecule has 2 aliphatic rings. The second-order valence-electron chi connectivity index (χ2n) is 4.58. The van der Waals surface area contributed by atoms with Crippen LogP contribution in [0.4, 0.5) is 0 Å². The van der Waals surface area contributed by atoms with Crippen molar-refractivity contribution in [2.45, 2.75) is 25.0 Å². The van der Waals surface area contributed by atoms with Crippen molar-refractivity contribution in [2.75, 3.05) is 44.8 Å². The van der Waals surface area contributed by atoms with Gasteiger partial charge < -0.3 is 15.0 Å². The van der Waals surface area contributed by atoms with Crippen LogP contribution >= 0.6 is 11.8 Å². The molecule has 0 saturated carbocycles. The average Bonchev–Trinajstić information content (AvgIpc) is 2.28. The Morgan fingerprint density at radius 2 is 2.47 bits per heavy atom. The van der Waals surface area contributed by atoms with E-state index in [2.05, 4.69) is 29.0 Å². The molecule has 88 valence electrons. The fourth-order valence-corrected chi connectivity index (χ4v) is 3.30. The molecule has 2 aliphatic heterocycles. The molecular weight excluding hydrogens is 208 g/mol. The first-order chi connectivity index (χ1) is 7.34. The van der Waals surface area contributed by atoms with Gasteiger partial charge in [-0.25, -0.2) is 0 Å². The number of ether oxygens (including phenoxy) is 1. The summed E-state index contributed by atoms with van der Waals surface area (Å²) in [6, 6.07) is 0.722. The highest BCUT2D eigenvalue weighted by molar-refractivity contribution is 7.99. The summed E-state index contributed by atoms with van der Waals surface area (Å²) in [5.74, 6) is 2.63. The average molecular weight is 230 g/mol. The smallest absolute Gasteiger partial charge is 0.0826 e. The maximum atomic E-state index is 5.73. The van der Waals surface area contributed by atoms with E-state index in [0.717, 1.165) is 32.3 Å². The highest BCUT2D eigenvalue weighted by Crippen LogP contribution is 2.17. The molecule has 2 fully saturated rings. The predicted molar refractivity (Wildman–Crippen MR) is 65.6 cm³/mol. The van der Waals surface area contributed by atoms with Crippen LogP contribution in [0.15, 0.2) is 0 Å². The second-order valence-corrected chi connectivity index (χ2v) is 5.73. The van der Waals surface area contributed by atoms with Crippen molar-refractivity contribution >= 4 is 11.8 Å². The monoisotopic (exact) mass is 230 g/mol. The molecule has 0 aliphatic carbocycles. The molecule has 2 heterocycles. The molecule has 2 saturated heterocycles. The number of nitrogens with one attached hydrogen (secondary N) is 1. The Hall–Kier alpha value is 0.230. The van der Waals surface area contributed by atoms with Crippen molar-refractivity contribution in [3.05, 3.63) is 0 Å². The molecule has 0 aromatic carbocycles. The summed E-state index contributed by atoms with van der Waals surface area (Å²) >= 11 is 2.08. The fraction of sp³-hybridized carbons (Fsp3) is 1.00. The third kappa shape index (κ3) is 3.94. The summed E-state index contributed by atoms with van der Waals surface area (Å²) in [5, 5.41) is 3.64. The summed E-state index contributed by atoms with van der Waals surface area (Å²) in [6.07, 6.45) is 3.11. The van der Waals surface area contributed by atoms with Gasteiger partial charge in [0.15, 0.2) is 0 Å². The maximum absolute atomic E-state index is 5.73. The minimum Gasteiger partial charge on any atom is -0.374 e. The van der Waals surface area contributed by atoms with E-state index in [-0.39, 0.29) is 0 Å². The van der Waals surface area contributed by atoms with Crippen LogP contribution < -0.4 is 5.32 Å². The van der Waals surface area contributed by atoms with E-state index >= 15 is 0 Å². The van der Waals surface area contributed by atoms with E-state index in [4.69, 9.17) is 4.74 Å². The van der Waals surface area contributed by atoms with Gasteiger partial charge in [0.05, 0.1) is 12.7 Å². The third-order valence-electron chi connectivity index (χ3n) is 3.14. The number of rotatable bonds is 3. The van der Waals surface area contributed by atoms with E-state index in [1.165, 1.54) is 24.3 Å². The van der Waals surface area contributed by atoms with Gasteiger partial charge in [-0.05, 0) is 25.6 Å². The van der Waals surface area contributed by atoms with E-state index in [1.807, 2.05) is 0 Å². The van der Waals surface area contributed by atoms with Gasteiger partial charge in [-0.15, -0.1) is 0 Å². The summed E-state index contributed by atoms with van der Waals surface area (Å²) in [7, 11) is 2.17. The Morgan fingerprint density at radius 1 is 1.53 bits per heavy atom. The summed E-state index contributed by atoms with van der Waals surface area (Å²) in [5.41, 5.74) is 0. The molecule has 15 heavy (non-hydrogen) atoms. The van der Waals surface area contributed by atoms with Crippen molar-refractivity contribution in [2.24, 2.45) is 0 Å². The van der Waals surface area contributed by atoms with Gasteiger partial charge in [-0.3, -0.25) is 0 Å². The molecule has 4 heteroatoms. The van der Waals surface area contributed by atoms with Crippen LogP contribution in [0.1, 0.15) is 12.8 Å². The van der Waals surface area contributed by atoms with E-state index < -0.39 is 0 Å². The van der Waals surface area contributed by atoms with Gasteiger partial charge in [0.2, 0.25) is 0 Å². The highest BCUT2D eigenvalue weighted by atomic mass is 32.2. The van der Waals surface area contributed by atoms with Gasteiger partial charge in [0, 0.05) is 31.4 Å². The van der Waals surface area contributed by atoms with Crippen LogP contribution in [0.2, 0.25) is 0 Å². The number of thioether (sulfide) groups is 1. The molecular formula is C11H22N2OS. The van der Waals surface area contributed by atoms with E-state index in [1.54, 1.807) is 0 Å². The van der Waals surface area contributed by atoms with Gasteiger partial charge >= 0.3 is 0 Å². The lowest BCUT2D eigenvalue weighted by molar-refractivity contribution is -0.0191. The van der Waals surface area contributed by atoms with Gasteiger partial charge in [-0.1, -0.05) is 0 Å². The minimum absolute atomic E-state index is 0.399. The summed E-state index contributed by atoms with van der Waals surface area (Å²) < 4.78 is 5.73. The van der Waals surface area contributed by atoms with Gasteiger partial charge in [0.1, 0.15) is 0 Å². The van der Waals surface area contributed by atoms with Gasteiger partial charge in [0.25, 0.3) is 0 Å². The molecule has 1 N–H and O–H groups in total. The van der Waals surface area contributed by atoms with Crippen LogP contribution in [0.3, 0.4) is 0 Å². The molecule has 0 spiro atoms. The zero-order valence-corrected chi connectivity index (χ0v) is 10.4. The number of hydrogen-bond donors (Lipinski definition) is 1. The van der Waals surface area contributed by atoms with Crippen molar-refractivity contribution < 1.29 is 4.74 Å². The Bertz CT molecular complexity index is 185. The third-order valence-corrected chi connectivity index (χ3v) is 4.35. The van der Waals surface area contributed by atoms with Gasteiger partial charge in [-0.2, -0.15) is 11.8 Å². The number of hydrogen-bond acceptors (Lipinski definition) is 4. The Kier molecular flexibility index (Phi) is 4.75. The summed E-state index contributed by atoms with van der Waals surface area (Å²) in [4.78, 5) is 2.35. The van der Waals surface area contributed by atoms with Crippen LogP contribution in [-0.2, 0) is 4.74 Å². The SMILES string of the molecule is CN1CCO[C@H](CN[C@H]2CCCSC2)C1. The van der Waals surface area contributed by atoms with Crippen molar-refractivity contribution in [3.8, 4) is 0 Å². The molecule has 0 aromatic heterocycles. The molecule has 2 atom stereocenters. The van der Waals surface area contributed by atoms with Crippen LogP contribution in [0, 0.1) is 0 Å². The first kappa shape index (κ1) is 11.7. The topological polar surface area (TPSA) is 24.5 Å². The molecule has 0 unspecified atom stereocenters. The van der Waals surface area contributed by atoms with E-state index in [0.29, 0.717) is 6.10 Å². The quantitative estimate of drug-likeness (QED) is 0.775. The largest absolute Gasteiger partial charge is 0.374 e. The number of nitrogens with zero attached hydrogens (tertiary/aromatic N) is 1. The normalized spacial score (nSPS) is 34.2. The first-order valence-electron chi connectivity index (χ1n) is 5.96. The molecule has 3 nitrogen and oxygen atoms in total. The number of likely N-dealkylation sites (N-methyl/N-ethyl adjacent to an activating group) is 1. The van der Waals surface area contributed by atoms with Crippen molar-refractivity contribution in [1.82, 2.24) is 10.2 Å². The van der Waals surface area contributed by atoms with Crippen LogP contribution in [0.25, 0.3) is 0 Å². The van der Waals surface area contributed by atoms with Crippen molar-refractivity contribution in [3.63, 3.8) is 0 Å². The van der Waals surface area contributed by atoms with Crippen LogP contribution in [-0.4, -0.2) is 61.8 Å². The maximum Gasteiger partial charge on any atom is 0.0826 e. The molecule has 0 amide bonds. The second kappa shape index (κ2) is 6.09. The Balaban J connectivity index is 1.63. The molecule has 0 aromatic rings. The molecule has 2 rings (SSSR count). The Morgan fingerprint density at radius 3 is 3.20 bits per heavy atom. The first-order valence-corrected chi connectivity index (χ1v) is 7.11. The number of morpholine rings is 1. The lowest BCUT2D eigenvalue weighted by Gasteiger charge is -2.32. The standard InChI is InChI=1S/C11H22N2OS/c1-13-4-5-14-11(8-13)7-12-10-3-2-6-15-9-10/h10-12H,2-9H2,1H3/t10-,11+/m0/s1.